The first-order valence-corrected chi connectivity index (χ1v) is 4.60. The highest BCUT2D eigenvalue weighted by atomic mass is 32.1. The number of hydrogen-bond donors (Lipinski definition) is 2. The van der Waals surface area contributed by atoms with Gasteiger partial charge in [0.2, 0.25) is 0 Å². The highest BCUT2D eigenvalue weighted by Gasteiger charge is 2.23. The Labute approximate surface area is 81.0 Å². The molecule has 0 radical (unpaired) electrons. The lowest BCUT2D eigenvalue weighted by molar-refractivity contribution is 0.565. The first-order valence-electron chi connectivity index (χ1n) is 3.83. The second-order valence-electron chi connectivity index (χ2n) is 3.72. The van der Waals surface area contributed by atoms with Gasteiger partial charge in [0.1, 0.15) is 4.88 Å². The van der Waals surface area contributed by atoms with Gasteiger partial charge < -0.3 is 11.6 Å². The van der Waals surface area contributed by atoms with Crippen LogP contribution in [0.25, 0.3) is 0 Å². The lowest BCUT2D eigenvalue weighted by Crippen LogP contribution is -2.21. The Morgan fingerprint density at radius 1 is 1.46 bits per heavy atom. The molecule has 0 bridgehead atoms. The highest BCUT2D eigenvalue weighted by molar-refractivity contribution is 7.08. The zero-order chi connectivity index (χ0) is 10.1. The third kappa shape index (κ3) is 1.95. The van der Waals surface area contributed by atoms with Crippen LogP contribution in [-0.4, -0.2) is 15.4 Å². The van der Waals surface area contributed by atoms with Crippen LogP contribution < -0.4 is 11.6 Å². The van der Waals surface area contributed by atoms with E-state index in [-0.39, 0.29) is 5.41 Å². The molecule has 1 aromatic rings. The number of nitrogens with two attached hydrogens (primary N) is 2. The maximum atomic E-state index is 5.59. The van der Waals surface area contributed by atoms with E-state index in [1.165, 1.54) is 11.5 Å². The van der Waals surface area contributed by atoms with Gasteiger partial charge in [-0.3, -0.25) is 0 Å². The van der Waals surface area contributed by atoms with E-state index in [2.05, 4.69) is 14.7 Å². The molecule has 0 fully saturated rings. The number of amidine groups is 1. The molecule has 4 N–H and O–H groups in total. The summed E-state index contributed by atoms with van der Waals surface area (Å²) in [7, 11) is 0. The van der Waals surface area contributed by atoms with Crippen molar-refractivity contribution in [1.82, 2.24) is 9.59 Å². The maximum absolute atomic E-state index is 5.59. The van der Waals surface area contributed by atoms with Gasteiger partial charge in [-0.25, -0.2) is 0 Å². The zero-order valence-electron chi connectivity index (χ0n) is 7.90. The van der Waals surface area contributed by atoms with Crippen LogP contribution in [0.4, 0.5) is 0 Å². The molecule has 6 heteroatoms. The molecule has 0 amide bonds. The van der Waals surface area contributed by atoms with E-state index in [0.717, 1.165) is 10.6 Å². The van der Waals surface area contributed by atoms with Crippen LogP contribution in [0, 0.1) is 0 Å². The predicted octanol–water partition coefficient (Wildman–Crippen LogP) is 0.415. The zero-order valence-corrected chi connectivity index (χ0v) is 8.72. The van der Waals surface area contributed by atoms with Crippen molar-refractivity contribution >= 4 is 17.4 Å². The first-order chi connectivity index (χ1) is 5.96. The highest BCUT2D eigenvalue weighted by Crippen LogP contribution is 2.25. The fraction of sp³-hybridized carbons (Fsp3) is 0.571. The molecular weight excluding hydrogens is 186 g/mol. The summed E-state index contributed by atoms with van der Waals surface area (Å²) in [6.07, 6.45) is 0. The molecule has 0 aliphatic carbocycles. The quantitative estimate of drug-likeness (QED) is 0.297. The van der Waals surface area contributed by atoms with Gasteiger partial charge in [0.15, 0.2) is 5.84 Å². The summed E-state index contributed by atoms with van der Waals surface area (Å²) in [6, 6.07) is 0. The molecule has 0 spiro atoms. The molecule has 72 valence electrons. The Morgan fingerprint density at radius 3 is 2.54 bits per heavy atom. The average molecular weight is 199 g/mol. The van der Waals surface area contributed by atoms with Crippen LogP contribution in [0.5, 0.6) is 0 Å². The monoisotopic (exact) mass is 199 g/mol. The first kappa shape index (κ1) is 9.91. The van der Waals surface area contributed by atoms with E-state index < -0.39 is 0 Å². The number of hydrogen-bond acceptors (Lipinski definition) is 5. The molecule has 0 aromatic carbocycles. The fourth-order valence-electron chi connectivity index (χ4n) is 0.908. The molecule has 0 aliphatic heterocycles. The van der Waals surface area contributed by atoms with Gasteiger partial charge in [-0.2, -0.15) is 5.10 Å². The van der Waals surface area contributed by atoms with Crippen molar-refractivity contribution in [2.75, 3.05) is 0 Å². The van der Waals surface area contributed by atoms with Crippen molar-refractivity contribution < 1.29 is 0 Å². The van der Waals surface area contributed by atoms with Crippen molar-refractivity contribution in [3.63, 3.8) is 0 Å². The smallest absolute Gasteiger partial charge is 0.164 e. The van der Waals surface area contributed by atoms with Crippen LogP contribution in [0.2, 0.25) is 0 Å². The summed E-state index contributed by atoms with van der Waals surface area (Å²) in [5.41, 5.74) is 6.34. The van der Waals surface area contributed by atoms with Crippen LogP contribution >= 0.6 is 11.5 Å². The second kappa shape index (κ2) is 3.29. The molecule has 0 saturated heterocycles. The van der Waals surface area contributed by atoms with E-state index in [4.69, 9.17) is 11.6 Å². The van der Waals surface area contributed by atoms with Crippen LogP contribution in [0.3, 0.4) is 0 Å². The van der Waals surface area contributed by atoms with E-state index >= 15 is 0 Å². The van der Waals surface area contributed by atoms with Gasteiger partial charge >= 0.3 is 0 Å². The number of rotatable bonds is 1. The van der Waals surface area contributed by atoms with Gasteiger partial charge in [0.05, 0.1) is 5.69 Å². The minimum atomic E-state index is -0.0857. The van der Waals surface area contributed by atoms with Crippen LogP contribution in [0.1, 0.15) is 31.3 Å². The van der Waals surface area contributed by atoms with Crippen molar-refractivity contribution in [2.45, 2.75) is 26.2 Å². The third-order valence-corrected chi connectivity index (χ3v) is 2.32. The molecule has 0 unspecified atom stereocenters. The summed E-state index contributed by atoms with van der Waals surface area (Å²) in [4.78, 5) is 0.759. The summed E-state index contributed by atoms with van der Waals surface area (Å²) in [6.45, 7) is 6.12. The van der Waals surface area contributed by atoms with Crippen molar-refractivity contribution in [3.05, 3.63) is 10.6 Å². The minimum absolute atomic E-state index is 0.0857. The normalized spacial score (nSPS) is 13.3. The van der Waals surface area contributed by atoms with E-state index in [9.17, 15) is 0 Å². The molecule has 1 aromatic heterocycles. The summed E-state index contributed by atoms with van der Waals surface area (Å²) >= 11 is 1.21. The Kier molecular flexibility index (Phi) is 2.51. The van der Waals surface area contributed by atoms with Gasteiger partial charge in [0, 0.05) is 5.41 Å². The van der Waals surface area contributed by atoms with E-state index in [0.29, 0.717) is 5.84 Å². The van der Waals surface area contributed by atoms with E-state index in [1.54, 1.807) is 0 Å². The summed E-state index contributed by atoms with van der Waals surface area (Å²) in [5.74, 6) is 5.38. The number of nitrogens with zero attached hydrogens (tertiary/aromatic N) is 3. The van der Waals surface area contributed by atoms with E-state index in [1.807, 2.05) is 20.8 Å². The molecule has 0 atom stereocenters. The third-order valence-electron chi connectivity index (χ3n) is 1.57. The predicted molar refractivity (Wildman–Crippen MR) is 53.5 cm³/mol. The molecule has 5 nitrogen and oxygen atoms in total. The topological polar surface area (TPSA) is 90.2 Å². The molecule has 1 rings (SSSR count). The van der Waals surface area contributed by atoms with Crippen LogP contribution in [0.15, 0.2) is 5.10 Å². The molecule has 0 aliphatic rings. The Bertz CT molecular complexity index is 322. The lowest BCUT2D eigenvalue weighted by Gasteiger charge is -2.15. The maximum Gasteiger partial charge on any atom is 0.164 e. The average Bonchev–Trinajstić information content (AvgIpc) is 2.49. The van der Waals surface area contributed by atoms with Crippen molar-refractivity contribution in [1.29, 1.82) is 0 Å². The number of aromatic nitrogens is 2. The fourth-order valence-corrected chi connectivity index (χ4v) is 1.69. The number of hydrazone groups is 1. The largest absolute Gasteiger partial charge is 0.381 e. The van der Waals surface area contributed by atoms with Gasteiger partial charge in [-0.1, -0.05) is 25.3 Å². The molecule has 13 heavy (non-hydrogen) atoms. The van der Waals surface area contributed by atoms with Crippen molar-refractivity contribution in [3.8, 4) is 0 Å². The standard InChI is InChI=1S/C7H13N5S/c1-7(2,3)5-4(6(8)10-9)13-12-11-5/h9H2,1-3H3,(H2,8,10). The SMILES string of the molecule is CC(C)(C)c1nnsc1C(N)=NN. The lowest BCUT2D eigenvalue weighted by atomic mass is 9.91. The molecule has 0 saturated carbocycles. The molecule has 1 heterocycles. The Balaban J connectivity index is 3.18. The Morgan fingerprint density at radius 2 is 2.08 bits per heavy atom. The van der Waals surface area contributed by atoms with Gasteiger partial charge in [-0.15, -0.1) is 5.10 Å². The minimum Gasteiger partial charge on any atom is -0.381 e. The van der Waals surface area contributed by atoms with Crippen molar-refractivity contribution in [2.24, 2.45) is 16.7 Å². The van der Waals surface area contributed by atoms with Gasteiger partial charge in [-0.05, 0) is 11.5 Å². The summed E-state index contributed by atoms with van der Waals surface area (Å²) < 4.78 is 3.83. The van der Waals surface area contributed by atoms with Gasteiger partial charge in [0.25, 0.3) is 0 Å². The van der Waals surface area contributed by atoms with Crippen LogP contribution in [-0.2, 0) is 5.41 Å². The second-order valence-corrected chi connectivity index (χ2v) is 4.47. The molecular formula is C7H13N5S. The summed E-state index contributed by atoms with van der Waals surface area (Å²) in [5, 5.41) is 7.44. The Hall–Kier alpha value is -1.17.